The van der Waals surface area contributed by atoms with E-state index >= 15 is 0 Å². The van der Waals surface area contributed by atoms with Gasteiger partial charge >= 0.3 is 0 Å². The summed E-state index contributed by atoms with van der Waals surface area (Å²) < 4.78 is 11.0. The summed E-state index contributed by atoms with van der Waals surface area (Å²) in [6.45, 7) is 0.573. The quantitative estimate of drug-likeness (QED) is 0.636. The first-order chi connectivity index (χ1) is 7.86. The van der Waals surface area contributed by atoms with Gasteiger partial charge in [0.2, 0.25) is 5.76 Å². The van der Waals surface area contributed by atoms with Crippen LogP contribution in [0.25, 0.3) is 11.0 Å². The van der Waals surface area contributed by atoms with E-state index in [4.69, 9.17) is 14.4 Å². The normalized spacial score (nSPS) is 10.2. The first kappa shape index (κ1) is 11.0. The fourth-order valence-corrected chi connectivity index (χ4v) is 1.70. The average molecular weight is 280 g/mol. The van der Waals surface area contributed by atoms with E-state index in [0.29, 0.717) is 17.9 Å². The fourth-order valence-electron chi connectivity index (χ4n) is 1.47. The predicted molar refractivity (Wildman–Crippen MR) is 64.8 cm³/mol. The Labute approximate surface area is 102 Å². The lowest BCUT2D eigenvalue weighted by Gasteiger charge is -2.02. The van der Waals surface area contributed by atoms with Crippen LogP contribution in [-0.4, -0.2) is 11.9 Å². The number of nitriles is 1. The molecule has 2 rings (SSSR count). The molecule has 0 amide bonds. The molecule has 0 aliphatic carbocycles. The smallest absolute Gasteiger partial charge is 0.246 e. The van der Waals surface area contributed by atoms with Gasteiger partial charge in [0.05, 0.1) is 12.0 Å². The van der Waals surface area contributed by atoms with E-state index in [-0.39, 0.29) is 5.76 Å². The molecule has 2 aromatic rings. The van der Waals surface area contributed by atoms with Gasteiger partial charge in [0, 0.05) is 5.33 Å². The van der Waals surface area contributed by atoms with Gasteiger partial charge < -0.3 is 9.15 Å². The van der Waals surface area contributed by atoms with Gasteiger partial charge in [0.25, 0.3) is 0 Å². The second kappa shape index (κ2) is 5.04. The minimum Gasteiger partial charge on any atom is -0.488 e. The van der Waals surface area contributed by atoms with Gasteiger partial charge in [-0.2, -0.15) is 5.26 Å². The van der Waals surface area contributed by atoms with Crippen molar-refractivity contribution < 1.29 is 9.15 Å². The van der Waals surface area contributed by atoms with Crippen molar-refractivity contribution in [3.8, 4) is 11.8 Å². The van der Waals surface area contributed by atoms with Crippen molar-refractivity contribution in [2.75, 3.05) is 11.9 Å². The monoisotopic (exact) mass is 279 g/mol. The third kappa shape index (κ3) is 2.05. The van der Waals surface area contributed by atoms with Gasteiger partial charge in [-0.1, -0.05) is 28.1 Å². The van der Waals surface area contributed by atoms with Crippen LogP contribution in [0.4, 0.5) is 0 Å². The third-order valence-electron chi connectivity index (χ3n) is 2.18. The van der Waals surface area contributed by atoms with E-state index in [1.54, 1.807) is 0 Å². The predicted octanol–water partition coefficient (Wildman–Crippen LogP) is 3.47. The van der Waals surface area contributed by atoms with E-state index in [0.717, 1.165) is 17.1 Å². The second-order valence-electron chi connectivity index (χ2n) is 3.26. The largest absolute Gasteiger partial charge is 0.488 e. The summed E-state index contributed by atoms with van der Waals surface area (Å²) in [6, 6.07) is 9.50. The highest BCUT2D eigenvalue weighted by Crippen LogP contribution is 2.32. The van der Waals surface area contributed by atoms with Gasteiger partial charge in [-0.15, -0.1) is 0 Å². The molecule has 82 valence electrons. The van der Waals surface area contributed by atoms with Crippen molar-refractivity contribution in [2.45, 2.75) is 6.42 Å². The molecule has 0 atom stereocenters. The highest BCUT2D eigenvalue weighted by atomic mass is 79.9. The highest BCUT2D eigenvalue weighted by molar-refractivity contribution is 9.09. The maximum atomic E-state index is 8.94. The molecule has 0 saturated carbocycles. The molecule has 0 aliphatic heterocycles. The zero-order valence-electron chi connectivity index (χ0n) is 8.57. The first-order valence-electron chi connectivity index (χ1n) is 4.97. The van der Waals surface area contributed by atoms with E-state index in [1.165, 1.54) is 0 Å². The Kier molecular flexibility index (Phi) is 3.47. The van der Waals surface area contributed by atoms with E-state index < -0.39 is 0 Å². The molecule has 1 aromatic carbocycles. The summed E-state index contributed by atoms with van der Waals surface area (Å²) in [5.41, 5.74) is 0.688. The molecule has 0 radical (unpaired) electrons. The number of benzene rings is 1. The van der Waals surface area contributed by atoms with Crippen molar-refractivity contribution in [3.05, 3.63) is 30.0 Å². The van der Waals surface area contributed by atoms with Crippen molar-refractivity contribution in [3.63, 3.8) is 0 Å². The number of fused-ring (bicyclic) bond motifs is 1. The maximum absolute atomic E-state index is 8.94. The van der Waals surface area contributed by atoms with Crippen molar-refractivity contribution in [1.82, 2.24) is 0 Å². The van der Waals surface area contributed by atoms with Crippen LogP contribution in [0.1, 0.15) is 12.2 Å². The van der Waals surface area contributed by atoms with Crippen LogP contribution in [0.2, 0.25) is 0 Å². The van der Waals surface area contributed by atoms with Crippen LogP contribution in [0.3, 0.4) is 0 Å². The third-order valence-corrected chi connectivity index (χ3v) is 2.74. The number of alkyl halides is 1. The summed E-state index contributed by atoms with van der Waals surface area (Å²) >= 11 is 3.33. The number of nitrogens with zero attached hydrogens (tertiary/aromatic N) is 1. The molecule has 1 heterocycles. The number of hydrogen-bond donors (Lipinski definition) is 0. The molecule has 0 fully saturated rings. The van der Waals surface area contributed by atoms with Crippen molar-refractivity contribution in [1.29, 1.82) is 5.26 Å². The lowest BCUT2D eigenvalue weighted by molar-refractivity contribution is 0.316. The molecule has 0 unspecified atom stereocenters. The number of rotatable bonds is 4. The number of hydrogen-bond acceptors (Lipinski definition) is 3. The molecule has 0 aliphatic rings. The molecule has 0 N–H and O–H groups in total. The topological polar surface area (TPSA) is 46.2 Å². The Bertz CT molecular complexity index is 527. The highest BCUT2D eigenvalue weighted by Gasteiger charge is 2.14. The molecule has 4 heteroatoms. The summed E-state index contributed by atoms with van der Waals surface area (Å²) in [6.07, 6.45) is 0.893. The maximum Gasteiger partial charge on any atom is 0.246 e. The summed E-state index contributed by atoms with van der Waals surface area (Å²) in [5.74, 6) is 0.801. The zero-order chi connectivity index (χ0) is 11.4. The first-order valence-corrected chi connectivity index (χ1v) is 6.09. The van der Waals surface area contributed by atoms with Crippen LogP contribution < -0.4 is 4.74 Å². The molecule has 0 spiro atoms. The Balaban J connectivity index is 2.37. The molecular formula is C12H10BrNO2. The van der Waals surface area contributed by atoms with Gasteiger partial charge in [-0.25, -0.2) is 0 Å². The minimum atomic E-state index is 0.246. The summed E-state index contributed by atoms with van der Waals surface area (Å²) in [7, 11) is 0. The molecule has 0 bridgehead atoms. The van der Waals surface area contributed by atoms with Crippen LogP contribution in [0.5, 0.6) is 5.75 Å². The number of ether oxygens (including phenoxy) is 1. The summed E-state index contributed by atoms with van der Waals surface area (Å²) in [4.78, 5) is 0. The number of para-hydroxylation sites is 1. The Hall–Kier alpha value is -1.47. The van der Waals surface area contributed by atoms with Crippen LogP contribution in [0, 0.1) is 11.3 Å². The van der Waals surface area contributed by atoms with Crippen molar-refractivity contribution >= 4 is 26.9 Å². The molecular weight excluding hydrogens is 270 g/mol. The zero-order valence-corrected chi connectivity index (χ0v) is 10.2. The van der Waals surface area contributed by atoms with Crippen LogP contribution >= 0.6 is 15.9 Å². The Morgan fingerprint density at radius 1 is 1.38 bits per heavy atom. The van der Waals surface area contributed by atoms with E-state index in [9.17, 15) is 0 Å². The van der Waals surface area contributed by atoms with E-state index in [1.807, 2.05) is 30.3 Å². The number of furan rings is 1. The lowest BCUT2D eigenvalue weighted by atomic mass is 10.2. The molecule has 16 heavy (non-hydrogen) atoms. The van der Waals surface area contributed by atoms with Crippen molar-refractivity contribution in [2.24, 2.45) is 0 Å². The molecule has 0 saturated heterocycles. The standard InChI is InChI=1S/C12H10BrNO2/c13-6-3-7-15-12-9-4-1-2-5-10(9)16-11(12)8-14/h1-2,4-5H,3,6-7H2. The van der Waals surface area contributed by atoms with E-state index in [2.05, 4.69) is 15.9 Å². The average Bonchev–Trinajstić information content (AvgIpc) is 2.68. The SMILES string of the molecule is N#Cc1oc2ccccc2c1OCCCBr. The lowest BCUT2D eigenvalue weighted by Crippen LogP contribution is -1.98. The van der Waals surface area contributed by atoms with Crippen LogP contribution in [0.15, 0.2) is 28.7 Å². The van der Waals surface area contributed by atoms with Crippen LogP contribution in [-0.2, 0) is 0 Å². The van der Waals surface area contributed by atoms with Gasteiger partial charge in [0.15, 0.2) is 5.75 Å². The Morgan fingerprint density at radius 3 is 2.94 bits per heavy atom. The second-order valence-corrected chi connectivity index (χ2v) is 4.05. The van der Waals surface area contributed by atoms with Gasteiger partial charge in [0.1, 0.15) is 11.7 Å². The van der Waals surface area contributed by atoms with Gasteiger partial charge in [-0.3, -0.25) is 0 Å². The molecule has 1 aromatic heterocycles. The van der Waals surface area contributed by atoms with Gasteiger partial charge in [-0.05, 0) is 18.6 Å². The molecule has 3 nitrogen and oxygen atoms in total. The minimum absolute atomic E-state index is 0.246. The fraction of sp³-hybridized carbons (Fsp3) is 0.250. The summed E-state index contributed by atoms with van der Waals surface area (Å²) in [5, 5.41) is 10.7. The Morgan fingerprint density at radius 2 is 2.19 bits per heavy atom. The number of halogens is 1.